The van der Waals surface area contributed by atoms with Crippen LogP contribution >= 0.6 is 0 Å². The summed E-state index contributed by atoms with van der Waals surface area (Å²) < 4.78 is 21.0. The number of rotatable bonds is 5. The van der Waals surface area contributed by atoms with Crippen molar-refractivity contribution >= 4 is 23.3 Å². The number of aromatic nitrogens is 5. The van der Waals surface area contributed by atoms with E-state index in [0.29, 0.717) is 16.7 Å². The standard InChI is InChI=1S/C16H17FN8O2/c1-8(13(26)19-2)4-20-16-21-5-9(6-22-16)11-10(17)7-25-12(11)14(27-3)23-15(18)24-25/h4-7H,1-3H3,(H2,18,24)(H,19,26)(H,20,21,22)/b8-4+. The minimum absolute atomic E-state index is 0.0463. The predicted octanol–water partition coefficient (Wildman–Crippen LogP) is 0.978. The lowest BCUT2D eigenvalue weighted by Crippen LogP contribution is -2.19. The zero-order chi connectivity index (χ0) is 19.6. The lowest BCUT2D eigenvalue weighted by molar-refractivity contribution is -0.117. The molecule has 0 fully saturated rings. The van der Waals surface area contributed by atoms with E-state index in [4.69, 9.17) is 10.5 Å². The van der Waals surface area contributed by atoms with Gasteiger partial charge in [-0.25, -0.2) is 18.9 Å². The third kappa shape index (κ3) is 3.47. The highest BCUT2D eigenvalue weighted by Gasteiger charge is 2.20. The predicted molar refractivity (Wildman–Crippen MR) is 96.4 cm³/mol. The number of likely N-dealkylation sites (N-methyl/N-ethyl adjacent to an activating group) is 1. The fourth-order valence-electron chi connectivity index (χ4n) is 2.42. The number of nitrogens with one attached hydrogen (secondary N) is 2. The molecule has 0 unspecified atom stereocenters. The molecule has 0 bridgehead atoms. The molecule has 3 rings (SSSR count). The molecule has 27 heavy (non-hydrogen) atoms. The van der Waals surface area contributed by atoms with Crippen LogP contribution < -0.4 is 21.1 Å². The zero-order valence-electron chi connectivity index (χ0n) is 14.8. The molecule has 11 heteroatoms. The number of hydrogen-bond donors (Lipinski definition) is 3. The van der Waals surface area contributed by atoms with Crippen LogP contribution in [0.25, 0.3) is 16.6 Å². The minimum atomic E-state index is -0.548. The third-order valence-corrected chi connectivity index (χ3v) is 3.71. The number of anilines is 2. The third-order valence-electron chi connectivity index (χ3n) is 3.71. The van der Waals surface area contributed by atoms with Crippen LogP contribution in [0.15, 0.2) is 30.4 Å². The maximum atomic E-state index is 14.5. The number of amides is 1. The number of nitrogens with two attached hydrogens (primary N) is 1. The van der Waals surface area contributed by atoms with E-state index in [1.807, 2.05) is 0 Å². The first-order chi connectivity index (χ1) is 12.9. The van der Waals surface area contributed by atoms with Gasteiger partial charge in [-0.2, -0.15) is 4.98 Å². The van der Waals surface area contributed by atoms with E-state index in [1.54, 1.807) is 6.92 Å². The molecule has 0 aliphatic carbocycles. The lowest BCUT2D eigenvalue weighted by Gasteiger charge is -2.06. The molecular weight excluding hydrogens is 355 g/mol. The van der Waals surface area contributed by atoms with Gasteiger partial charge >= 0.3 is 0 Å². The van der Waals surface area contributed by atoms with Gasteiger partial charge in [-0.3, -0.25) is 4.79 Å². The average Bonchev–Trinajstić information content (AvgIpc) is 3.00. The van der Waals surface area contributed by atoms with Crippen molar-refractivity contribution in [2.45, 2.75) is 6.92 Å². The van der Waals surface area contributed by atoms with Gasteiger partial charge in [-0.05, 0) is 6.92 Å². The molecule has 0 atom stereocenters. The number of fused-ring (bicyclic) bond motifs is 1. The Kier molecular flexibility index (Phi) is 4.83. The summed E-state index contributed by atoms with van der Waals surface area (Å²) in [5, 5.41) is 9.25. The van der Waals surface area contributed by atoms with Crippen molar-refractivity contribution in [1.82, 2.24) is 29.9 Å². The molecule has 10 nitrogen and oxygen atoms in total. The Labute approximate surface area is 153 Å². The number of carbonyl (C=O) groups is 1. The first-order valence-corrected chi connectivity index (χ1v) is 7.80. The Morgan fingerprint density at radius 1 is 1.37 bits per heavy atom. The van der Waals surface area contributed by atoms with E-state index < -0.39 is 5.82 Å². The Morgan fingerprint density at radius 3 is 2.70 bits per heavy atom. The molecule has 4 N–H and O–H groups in total. The van der Waals surface area contributed by atoms with Gasteiger partial charge in [0.05, 0.1) is 18.9 Å². The van der Waals surface area contributed by atoms with E-state index in [2.05, 4.69) is 30.7 Å². The number of halogens is 1. The Balaban J connectivity index is 1.96. The first-order valence-electron chi connectivity index (χ1n) is 7.80. The molecule has 3 aromatic rings. The fourth-order valence-corrected chi connectivity index (χ4v) is 2.42. The maximum Gasteiger partial charge on any atom is 0.248 e. The molecule has 3 aromatic heterocycles. The summed E-state index contributed by atoms with van der Waals surface area (Å²) in [7, 11) is 2.94. The van der Waals surface area contributed by atoms with Crippen molar-refractivity contribution in [3.8, 4) is 17.0 Å². The van der Waals surface area contributed by atoms with E-state index in [-0.39, 0.29) is 29.2 Å². The van der Waals surface area contributed by atoms with Gasteiger partial charge in [0.2, 0.25) is 23.7 Å². The zero-order valence-corrected chi connectivity index (χ0v) is 14.8. The van der Waals surface area contributed by atoms with Gasteiger partial charge < -0.3 is 21.1 Å². The van der Waals surface area contributed by atoms with Crippen molar-refractivity contribution in [3.63, 3.8) is 0 Å². The van der Waals surface area contributed by atoms with Crippen LogP contribution in [-0.2, 0) is 4.79 Å². The number of nitrogens with zero attached hydrogens (tertiary/aromatic N) is 5. The summed E-state index contributed by atoms with van der Waals surface area (Å²) in [4.78, 5) is 23.7. The van der Waals surface area contributed by atoms with E-state index in [1.165, 1.54) is 43.5 Å². The SMILES string of the molecule is CNC(=O)/C(C)=C/Nc1ncc(-c2c(F)cn3nc(N)nc(OC)c23)cn1. The second-order valence-corrected chi connectivity index (χ2v) is 5.47. The maximum absolute atomic E-state index is 14.5. The van der Waals surface area contributed by atoms with Crippen LogP contribution in [-0.4, -0.2) is 44.6 Å². The molecule has 0 saturated carbocycles. The number of ether oxygens (including phenoxy) is 1. The summed E-state index contributed by atoms with van der Waals surface area (Å²) in [6.07, 6.45) is 5.52. The summed E-state index contributed by atoms with van der Waals surface area (Å²) in [6.45, 7) is 1.64. The second kappa shape index (κ2) is 7.23. The van der Waals surface area contributed by atoms with Gasteiger partial charge in [-0.15, -0.1) is 5.10 Å². The monoisotopic (exact) mass is 372 g/mol. The Morgan fingerprint density at radius 2 is 2.07 bits per heavy atom. The van der Waals surface area contributed by atoms with Gasteiger partial charge in [0, 0.05) is 36.8 Å². The van der Waals surface area contributed by atoms with Gasteiger partial charge in [0.25, 0.3) is 0 Å². The molecule has 0 radical (unpaired) electrons. The van der Waals surface area contributed by atoms with Crippen LogP contribution in [0.3, 0.4) is 0 Å². The summed E-state index contributed by atoms with van der Waals surface area (Å²) >= 11 is 0. The highest BCUT2D eigenvalue weighted by atomic mass is 19.1. The Hall–Kier alpha value is -3.76. The smallest absolute Gasteiger partial charge is 0.248 e. The van der Waals surface area contributed by atoms with Crippen molar-refractivity contribution < 1.29 is 13.9 Å². The molecule has 0 saturated heterocycles. The molecule has 0 aliphatic rings. The summed E-state index contributed by atoms with van der Waals surface area (Å²) in [5.74, 6) is -0.443. The van der Waals surface area contributed by atoms with Crippen LogP contribution in [0.2, 0.25) is 0 Å². The van der Waals surface area contributed by atoms with Crippen molar-refractivity contribution in [1.29, 1.82) is 0 Å². The van der Waals surface area contributed by atoms with E-state index >= 15 is 0 Å². The number of methoxy groups -OCH3 is 1. The van der Waals surface area contributed by atoms with Crippen LogP contribution in [0.1, 0.15) is 6.92 Å². The van der Waals surface area contributed by atoms with Crippen molar-refractivity contribution in [2.75, 3.05) is 25.2 Å². The van der Waals surface area contributed by atoms with Gasteiger partial charge in [0.15, 0.2) is 5.82 Å². The molecule has 3 heterocycles. The first kappa shape index (κ1) is 18.0. The largest absolute Gasteiger partial charge is 0.479 e. The molecular formula is C16H17FN8O2. The van der Waals surface area contributed by atoms with Crippen LogP contribution in [0.5, 0.6) is 5.88 Å². The topological polar surface area (TPSA) is 132 Å². The van der Waals surface area contributed by atoms with Gasteiger partial charge in [0.1, 0.15) is 5.52 Å². The molecule has 0 aliphatic heterocycles. The average molecular weight is 372 g/mol. The van der Waals surface area contributed by atoms with Crippen molar-refractivity contribution in [2.24, 2.45) is 0 Å². The quantitative estimate of drug-likeness (QED) is 0.565. The van der Waals surface area contributed by atoms with Crippen molar-refractivity contribution in [3.05, 3.63) is 36.2 Å². The van der Waals surface area contributed by atoms with Crippen LogP contribution in [0.4, 0.5) is 16.3 Å². The fraction of sp³-hybridized carbons (Fsp3) is 0.188. The molecule has 1 amide bonds. The van der Waals surface area contributed by atoms with E-state index in [9.17, 15) is 9.18 Å². The number of carbonyl (C=O) groups excluding carboxylic acids is 1. The van der Waals surface area contributed by atoms with E-state index in [0.717, 1.165) is 0 Å². The summed E-state index contributed by atoms with van der Waals surface area (Å²) in [5.41, 5.74) is 6.95. The summed E-state index contributed by atoms with van der Waals surface area (Å²) in [6, 6.07) is 0. The number of hydrogen-bond acceptors (Lipinski definition) is 8. The lowest BCUT2D eigenvalue weighted by atomic mass is 10.1. The number of nitrogen functional groups attached to an aromatic ring is 1. The molecule has 0 spiro atoms. The Bertz CT molecular complexity index is 1030. The second-order valence-electron chi connectivity index (χ2n) is 5.47. The highest BCUT2D eigenvalue weighted by Crippen LogP contribution is 2.33. The highest BCUT2D eigenvalue weighted by molar-refractivity contribution is 5.92. The van der Waals surface area contributed by atoms with Crippen LogP contribution in [0, 0.1) is 5.82 Å². The van der Waals surface area contributed by atoms with Gasteiger partial charge in [-0.1, -0.05) is 0 Å². The molecule has 0 aromatic carbocycles. The normalized spacial score (nSPS) is 11.5. The molecule has 140 valence electrons. The minimum Gasteiger partial charge on any atom is -0.479 e.